The van der Waals surface area contributed by atoms with Crippen molar-refractivity contribution in [2.75, 3.05) is 11.1 Å². The molecule has 0 bridgehead atoms. The lowest BCUT2D eigenvalue weighted by Gasteiger charge is -2.26. The standard InChI is InChI=1S/C19H19FN2O2S/c1-12(23)21-14-7-5-13(6-8-14)11-18(24)22-17-9-10-25-19-15(17)3-2-4-16(19)20/h2-8,17H,9-11H2,1H3,(H,21,23)(H,22,24). The van der Waals surface area contributed by atoms with Gasteiger partial charge in [0.05, 0.1) is 12.5 Å². The zero-order valence-electron chi connectivity index (χ0n) is 13.8. The van der Waals surface area contributed by atoms with Gasteiger partial charge in [-0.1, -0.05) is 24.3 Å². The van der Waals surface area contributed by atoms with Gasteiger partial charge in [0.1, 0.15) is 5.82 Å². The maximum Gasteiger partial charge on any atom is 0.224 e. The van der Waals surface area contributed by atoms with E-state index in [9.17, 15) is 14.0 Å². The highest BCUT2D eigenvalue weighted by Gasteiger charge is 2.24. The second-order valence-electron chi connectivity index (χ2n) is 5.97. The molecule has 3 rings (SSSR count). The molecule has 6 heteroatoms. The van der Waals surface area contributed by atoms with Gasteiger partial charge in [-0.15, -0.1) is 11.8 Å². The number of hydrogen-bond acceptors (Lipinski definition) is 3. The van der Waals surface area contributed by atoms with Crippen LogP contribution in [0.4, 0.5) is 10.1 Å². The van der Waals surface area contributed by atoms with Crippen LogP contribution in [0.25, 0.3) is 0 Å². The third kappa shape index (κ3) is 4.39. The summed E-state index contributed by atoms with van der Waals surface area (Å²) >= 11 is 1.50. The molecule has 0 radical (unpaired) electrons. The van der Waals surface area contributed by atoms with E-state index in [0.717, 1.165) is 23.3 Å². The lowest BCUT2D eigenvalue weighted by molar-refractivity contribution is -0.121. The molecule has 1 atom stereocenters. The zero-order valence-corrected chi connectivity index (χ0v) is 14.7. The van der Waals surface area contributed by atoms with Crippen molar-refractivity contribution >= 4 is 29.3 Å². The van der Waals surface area contributed by atoms with Crippen molar-refractivity contribution in [3.63, 3.8) is 0 Å². The van der Waals surface area contributed by atoms with E-state index in [1.165, 1.54) is 24.8 Å². The predicted octanol–water partition coefficient (Wildman–Crippen LogP) is 3.68. The normalized spacial score (nSPS) is 16.0. The van der Waals surface area contributed by atoms with E-state index in [2.05, 4.69) is 10.6 Å². The quantitative estimate of drug-likeness (QED) is 0.877. The van der Waals surface area contributed by atoms with Gasteiger partial charge in [-0.05, 0) is 35.7 Å². The first-order valence-electron chi connectivity index (χ1n) is 8.10. The van der Waals surface area contributed by atoms with Gasteiger partial charge in [-0.2, -0.15) is 0 Å². The molecule has 2 N–H and O–H groups in total. The molecule has 0 saturated carbocycles. The second kappa shape index (κ2) is 7.70. The Bertz CT molecular complexity index is 793. The number of hydrogen-bond donors (Lipinski definition) is 2. The third-order valence-corrected chi connectivity index (χ3v) is 5.16. The van der Waals surface area contributed by atoms with Crippen molar-refractivity contribution in [3.05, 3.63) is 59.4 Å². The molecular weight excluding hydrogens is 339 g/mol. The van der Waals surface area contributed by atoms with Crippen LogP contribution < -0.4 is 10.6 Å². The number of benzene rings is 2. The molecule has 2 amide bonds. The van der Waals surface area contributed by atoms with Crippen LogP contribution in [0.2, 0.25) is 0 Å². The number of halogens is 1. The summed E-state index contributed by atoms with van der Waals surface area (Å²) in [7, 11) is 0. The summed E-state index contributed by atoms with van der Waals surface area (Å²) in [6.07, 6.45) is 1.03. The van der Waals surface area contributed by atoms with E-state index < -0.39 is 0 Å². The maximum atomic E-state index is 13.9. The van der Waals surface area contributed by atoms with Crippen LogP contribution in [0.15, 0.2) is 47.4 Å². The van der Waals surface area contributed by atoms with E-state index in [0.29, 0.717) is 10.6 Å². The van der Waals surface area contributed by atoms with Gasteiger partial charge in [-0.3, -0.25) is 9.59 Å². The fourth-order valence-electron chi connectivity index (χ4n) is 2.88. The number of carbonyl (C=O) groups excluding carboxylic acids is 2. The smallest absolute Gasteiger partial charge is 0.224 e. The number of nitrogens with one attached hydrogen (secondary N) is 2. The molecule has 1 aliphatic heterocycles. The first-order valence-corrected chi connectivity index (χ1v) is 9.08. The van der Waals surface area contributed by atoms with Crippen LogP contribution in [0, 0.1) is 5.82 Å². The molecule has 25 heavy (non-hydrogen) atoms. The van der Waals surface area contributed by atoms with Crippen LogP contribution in [0.1, 0.15) is 30.5 Å². The van der Waals surface area contributed by atoms with Gasteiger partial charge in [-0.25, -0.2) is 4.39 Å². The molecule has 1 aliphatic rings. The SMILES string of the molecule is CC(=O)Nc1ccc(CC(=O)NC2CCSc3c(F)cccc32)cc1. The predicted molar refractivity (Wildman–Crippen MR) is 97.1 cm³/mol. The lowest BCUT2D eigenvalue weighted by Crippen LogP contribution is -2.32. The zero-order chi connectivity index (χ0) is 17.8. The van der Waals surface area contributed by atoms with Gasteiger partial charge >= 0.3 is 0 Å². The number of thioether (sulfide) groups is 1. The topological polar surface area (TPSA) is 58.2 Å². The first kappa shape index (κ1) is 17.5. The molecule has 0 fully saturated rings. The highest BCUT2D eigenvalue weighted by atomic mass is 32.2. The summed E-state index contributed by atoms with van der Waals surface area (Å²) in [6.45, 7) is 1.45. The monoisotopic (exact) mass is 358 g/mol. The van der Waals surface area contributed by atoms with E-state index in [-0.39, 0.29) is 30.1 Å². The van der Waals surface area contributed by atoms with Crippen LogP contribution in [0.5, 0.6) is 0 Å². The average molecular weight is 358 g/mol. The molecule has 2 aromatic carbocycles. The summed E-state index contributed by atoms with van der Waals surface area (Å²) in [6, 6.07) is 12.0. The van der Waals surface area contributed by atoms with Crippen LogP contribution in [-0.2, 0) is 16.0 Å². The van der Waals surface area contributed by atoms with Gasteiger partial charge in [0.25, 0.3) is 0 Å². The van der Waals surface area contributed by atoms with Crippen LogP contribution in [0.3, 0.4) is 0 Å². The largest absolute Gasteiger partial charge is 0.349 e. The van der Waals surface area contributed by atoms with Gasteiger partial charge in [0, 0.05) is 23.3 Å². The van der Waals surface area contributed by atoms with E-state index in [4.69, 9.17) is 0 Å². The summed E-state index contributed by atoms with van der Waals surface area (Å²) in [5.74, 6) is 0.325. The Morgan fingerprint density at radius 3 is 2.68 bits per heavy atom. The minimum Gasteiger partial charge on any atom is -0.349 e. The van der Waals surface area contributed by atoms with Crippen molar-refractivity contribution < 1.29 is 14.0 Å². The van der Waals surface area contributed by atoms with E-state index in [1.54, 1.807) is 18.2 Å². The van der Waals surface area contributed by atoms with Crippen molar-refractivity contribution in [2.45, 2.75) is 30.7 Å². The molecule has 130 valence electrons. The van der Waals surface area contributed by atoms with Crippen LogP contribution >= 0.6 is 11.8 Å². The number of carbonyl (C=O) groups is 2. The van der Waals surface area contributed by atoms with Gasteiger partial charge in [0.15, 0.2) is 0 Å². The Hall–Kier alpha value is -2.34. The molecule has 1 unspecified atom stereocenters. The average Bonchev–Trinajstić information content (AvgIpc) is 2.57. The Kier molecular flexibility index (Phi) is 5.38. The van der Waals surface area contributed by atoms with Gasteiger partial charge < -0.3 is 10.6 Å². The number of rotatable bonds is 4. The van der Waals surface area contributed by atoms with Crippen molar-refractivity contribution in [2.24, 2.45) is 0 Å². The summed E-state index contributed by atoms with van der Waals surface area (Å²) < 4.78 is 13.9. The Morgan fingerprint density at radius 2 is 1.96 bits per heavy atom. The Labute approximate surface area is 150 Å². The number of anilines is 1. The first-order chi connectivity index (χ1) is 12.0. The number of amides is 2. The Balaban J connectivity index is 1.64. The third-order valence-electron chi connectivity index (χ3n) is 4.00. The molecule has 0 spiro atoms. The molecular formula is C19H19FN2O2S. The number of fused-ring (bicyclic) bond motifs is 1. The van der Waals surface area contributed by atoms with Crippen molar-refractivity contribution in [1.82, 2.24) is 5.32 Å². The molecule has 0 aromatic heterocycles. The lowest BCUT2D eigenvalue weighted by atomic mass is 10.0. The van der Waals surface area contributed by atoms with Crippen molar-refractivity contribution in [1.29, 1.82) is 0 Å². The van der Waals surface area contributed by atoms with E-state index in [1.807, 2.05) is 18.2 Å². The molecule has 4 nitrogen and oxygen atoms in total. The molecule has 2 aromatic rings. The Morgan fingerprint density at radius 1 is 1.20 bits per heavy atom. The molecule has 0 aliphatic carbocycles. The fourth-order valence-corrected chi connectivity index (χ4v) is 4.02. The summed E-state index contributed by atoms with van der Waals surface area (Å²) in [4.78, 5) is 24.0. The van der Waals surface area contributed by atoms with Crippen LogP contribution in [-0.4, -0.2) is 17.6 Å². The second-order valence-corrected chi connectivity index (χ2v) is 7.08. The highest BCUT2D eigenvalue weighted by Crippen LogP contribution is 2.37. The minimum absolute atomic E-state index is 0.0978. The van der Waals surface area contributed by atoms with Gasteiger partial charge in [0.2, 0.25) is 11.8 Å². The van der Waals surface area contributed by atoms with E-state index >= 15 is 0 Å². The van der Waals surface area contributed by atoms with Crippen molar-refractivity contribution in [3.8, 4) is 0 Å². The summed E-state index contributed by atoms with van der Waals surface area (Å²) in [5.41, 5.74) is 2.41. The maximum absolute atomic E-state index is 13.9. The fraction of sp³-hybridized carbons (Fsp3) is 0.263. The molecule has 1 heterocycles. The minimum atomic E-state index is -0.227. The molecule has 0 saturated heterocycles. The highest BCUT2D eigenvalue weighted by molar-refractivity contribution is 7.99. The summed E-state index contributed by atoms with van der Waals surface area (Å²) in [5, 5.41) is 5.70.